The number of hydrogen-bond acceptors (Lipinski definition) is 2. The number of fused-ring (bicyclic) bond motifs is 1. The second-order valence-corrected chi connectivity index (χ2v) is 7.88. The first-order chi connectivity index (χ1) is 9.53. The summed E-state index contributed by atoms with van der Waals surface area (Å²) >= 11 is 0. The molecule has 112 valence electrons. The molecular formula is C17H29N3. The van der Waals surface area contributed by atoms with E-state index in [0.717, 1.165) is 18.9 Å². The molecular weight excluding hydrogens is 246 g/mol. The van der Waals surface area contributed by atoms with Crippen molar-refractivity contribution >= 4 is 5.82 Å². The van der Waals surface area contributed by atoms with E-state index in [4.69, 9.17) is 5.10 Å². The molecule has 3 nitrogen and oxygen atoms in total. The molecule has 2 heterocycles. The normalized spacial score (nSPS) is 24.2. The van der Waals surface area contributed by atoms with Crippen molar-refractivity contribution in [2.75, 3.05) is 11.9 Å². The summed E-state index contributed by atoms with van der Waals surface area (Å²) in [5.74, 6) is 2.11. The molecule has 1 saturated carbocycles. The van der Waals surface area contributed by atoms with E-state index in [1.807, 2.05) is 0 Å². The van der Waals surface area contributed by atoms with Crippen LogP contribution >= 0.6 is 0 Å². The van der Waals surface area contributed by atoms with Crippen LogP contribution in [0.3, 0.4) is 0 Å². The molecule has 1 unspecified atom stereocenters. The maximum absolute atomic E-state index is 4.95. The summed E-state index contributed by atoms with van der Waals surface area (Å²) in [4.78, 5) is 0. The van der Waals surface area contributed by atoms with Crippen LogP contribution in [0.5, 0.6) is 0 Å². The third-order valence-electron chi connectivity index (χ3n) is 4.75. The van der Waals surface area contributed by atoms with E-state index in [1.165, 1.54) is 50.0 Å². The molecule has 0 bridgehead atoms. The number of rotatable bonds is 2. The van der Waals surface area contributed by atoms with Crippen molar-refractivity contribution in [1.82, 2.24) is 9.78 Å². The first-order valence-corrected chi connectivity index (χ1v) is 8.35. The Bertz CT molecular complexity index is 449. The molecule has 0 radical (unpaired) electrons. The molecule has 2 aliphatic rings. The maximum Gasteiger partial charge on any atom is 0.124 e. The number of hydrogen-bond donors (Lipinski definition) is 1. The van der Waals surface area contributed by atoms with Gasteiger partial charge in [-0.3, -0.25) is 0 Å². The van der Waals surface area contributed by atoms with Gasteiger partial charge in [-0.2, -0.15) is 5.10 Å². The summed E-state index contributed by atoms with van der Waals surface area (Å²) in [6, 6.07) is 2.92. The van der Waals surface area contributed by atoms with Crippen LogP contribution in [0.2, 0.25) is 0 Å². The van der Waals surface area contributed by atoms with Crippen LogP contribution in [-0.2, 0) is 6.42 Å². The second kappa shape index (κ2) is 5.42. The zero-order valence-electron chi connectivity index (χ0n) is 13.3. The van der Waals surface area contributed by atoms with E-state index in [0.29, 0.717) is 11.5 Å². The lowest BCUT2D eigenvalue weighted by molar-refractivity contribution is 0.221. The molecule has 1 aromatic heterocycles. The Morgan fingerprint density at radius 3 is 2.65 bits per heavy atom. The van der Waals surface area contributed by atoms with Gasteiger partial charge in [-0.15, -0.1) is 0 Å². The summed E-state index contributed by atoms with van der Waals surface area (Å²) in [5, 5.41) is 8.49. The van der Waals surface area contributed by atoms with Gasteiger partial charge in [-0.05, 0) is 37.0 Å². The molecule has 3 heteroatoms. The van der Waals surface area contributed by atoms with Crippen molar-refractivity contribution in [2.45, 2.75) is 71.8 Å². The summed E-state index contributed by atoms with van der Waals surface area (Å²) < 4.78 is 2.32. The van der Waals surface area contributed by atoms with Crippen molar-refractivity contribution in [3.63, 3.8) is 0 Å². The van der Waals surface area contributed by atoms with Crippen molar-refractivity contribution in [3.8, 4) is 0 Å². The monoisotopic (exact) mass is 275 g/mol. The summed E-state index contributed by atoms with van der Waals surface area (Å²) in [5.41, 5.74) is 1.56. The van der Waals surface area contributed by atoms with Gasteiger partial charge >= 0.3 is 0 Å². The van der Waals surface area contributed by atoms with E-state index >= 15 is 0 Å². The van der Waals surface area contributed by atoms with Crippen LogP contribution in [0.25, 0.3) is 0 Å². The van der Waals surface area contributed by atoms with Gasteiger partial charge in [0.2, 0.25) is 0 Å². The minimum Gasteiger partial charge on any atom is -0.370 e. The lowest BCUT2D eigenvalue weighted by atomic mass is 9.82. The number of nitrogens with one attached hydrogen (secondary N) is 1. The molecule has 1 aromatic rings. The van der Waals surface area contributed by atoms with E-state index in [2.05, 4.69) is 36.8 Å². The third-order valence-corrected chi connectivity index (χ3v) is 4.75. The second-order valence-electron chi connectivity index (χ2n) is 7.88. The molecule has 20 heavy (non-hydrogen) atoms. The Kier molecular flexibility index (Phi) is 3.78. The zero-order valence-corrected chi connectivity index (χ0v) is 13.3. The standard InChI is InChI=1S/C17H29N3/c1-17(2,3)12-14-11-16-18-10-9-15(20(16)19-14)13-7-5-4-6-8-13/h11,13,15,18H,4-10,12H2,1-3H3. The van der Waals surface area contributed by atoms with Gasteiger partial charge in [-0.25, -0.2) is 4.68 Å². The van der Waals surface area contributed by atoms with Crippen LogP contribution in [0.4, 0.5) is 5.82 Å². The van der Waals surface area contributed by atoms with Crippen molar-refractivity contribution in [2.24, 2.45) is 11.3 Å². The third kappa shape index (κ3) is 3.02. The fraction of sp³-hybridized carbons (Fsp3) is 0.824. The number of anilines is 1. The summed E-state index contributed by atoms with van der Waals surface area (Å²) in [6.45, 7) is 7.98. The highest BCUT2D eigenvalue weighted by Gasteiger charge is 2.30. The first kappa shape index (κ1) is 14.0. The Morgan fingerprint density at radius 2 is 1.95 bits per heavy atom. The van der Waals surface area contributed by atoms with Gasteiger partial charge in [-0.1, -0.05) is 40.0 Å². The van der Waals surface area contributed by atoms with Crippen molar-refractivity contribution < 1.29 is 0 Å². The van der Waals surface area contributed by atoms with Gasteiger partial charge in [0, 0.05) is 12.6 Å². The molecule has 1 atom stereocenters. The van der Waals surface area contributed by atoms with Crippen LogP contribution in [0.1, 0.15) is 71.0 Å². The highest BCUT2D eigenvalue weighted by Crippen LogP contribution is 2.38. The van der Waals surface area contributed by atoms with Gasteiger partial charge < -0.3 is 5.32 Å². The van der Waals surface area contributed by atoms with E-state index in [-0.39, 0.29) is 0 Å². The van der Waals surface area contributed by atoms with Crippen LogP contribution < -0.4 is 5.32 Å². The fourth-order valence-electron chi connectivity index (χ4n) is 3.88. The number of aromatic nitrogens is 2. The largest absolute Gasteiger partial charge is 0.370 e. The zero-order chi connectivity index (χ0) is 14.2. The van der Waals surface area contributed by atoms with E-state index < -0.39 is 0 Å². The van der Waals surface area contributed by atoms with Gasteiger partial charge in [0.1, 0.15) is 5.82 Å². The topological polar surface area (TPSA) is 29.9 Å². The Balaban J connectivity index is 1.80. The minimum absolute atomic E-state index is 0.310. The summed E-state index contributed by atoms with van der Waals surface area (Å²) in [6.07, 6.45) is 9.38. The molecule has 1 fully saturated rings. The highest BCUT2D eigenvalue weighted by atomic mass is 15.4. The Hall–Kier alpha value is -0.990. The molecule has 0 aromatic carbocycles. The van der Waals surface area contributed by atoms with Crippen LogP contribution in [-0.4, -0.2) is 16.3 Å². The van der Waals surface area contributed by atoms with E-state index in [1.54, 1.807) is 0 Å². The molecule has 1 N–H and O–H groups in total. The molecule has 0 amide bonds. The van der Waals surface area contributed by atoms with E-state index in [9.17, 15) is 0 Å². The average Bonchev–Trinajstić information content (AvgIpc) is 2.79. The Labute approximate surface area is 123 Å². The molecule has 1 aliphatic carbocycles. The first-order valence-electron chi connectivity index (χ1n) is 8.35. The Morgan fingerprint density at radius 1 is 1.20 bits per heavy atom. The number of nitrogens with zero attached hydrogens (tertiary/aromatic N) is 2. The fourth-order valence-corrected chi connectivity index (χ4v) is 3.88. The smallest absolute Gasteiger partial charge is 0.124 e. The quantitative estimate of drug-likeness (QED) is 0.866. The van der Waals surface area contributed by atoms with Crippen LogP contribution in [0.15, 0.2) is 6.07 Å². The highest BCUT2D eigenvalue weighted by molar-refractivity contribution is 5.39. The predicted octanol–water partition coefficient (Wildman–Crippen LogP) is 4.41. The van der Waals surface area contributed by atoms with Gasteiger partial charge in [0.25, 0.3) is 0 Å². The lowest BCUT2D eigenvalue weighted by Gasteiger charge is -2.34. The van der Waals surface area contributed by atoms with Crippen LogP contribution in [0, 0.1) is 11.3 Å². The minimum atomic E-state index is 0.310. The predicted molar refractivity (Wildman–Crippen MR) is 84.1 cm³/mol. The van der Waals surface area contributed by atoms with Crippen molar-refractivity contribution in [1.29, 1.82) is 0 Å². The molecule has 0 saturated heterocycles. The van der Waals surface area contributed by atoms with Gasteiger partial charge in [0.05, 0.1) is 11.7 Å². The van der Waals surface area contributed by atoms with Crippen molar-refractivity contribution in [3.05, 3.63) is 11.8 Å². The summed E-state index contributed by atoms with van der Waals surface area (Å²) in [7, 11) is 0. The average molecular weight is 275 g/mol. The molecule has 3 rings (SSSR count). The maximum atomic E-state index is 4.95. The lowest BCUT2D eigenvalue weighted by Crippen LogP contribution is -2.30. The molecule has 1 aliphatic heterocycles. The van der Waals surface area contributed by atoms with Gasteiger partial charge in [0.15, 0.2) is 0 Å². The molecule has 0 spiro atoms. The SMILES string of the molecule is CC(C)(C)Cc1cc2n(n1)C(C1CCCCC1)CCN2.